The Bertz CT molecular complexity index is 637. The average Bonchev–Trinajstić information content (AvgIpc) is 2.47. The van der Waals surface area contributed by atoms with Crippen molar-refractivity contribution in [2.45, 2.75) is 25.7 Å². The first-order chi connectivity index (χ1) is 10.1. The number of hydrogen-bond donors (Lipinski definition) is 3. The third kappa shape index (κ3) is 2.78. The topological polar surface area (TPSA) is 98.1 Å². The van der Waals surface area contributed by atoms with E-state index in [0.29, 0.717) is 13.1 Å². The van der Waals surface area contributed by atoms with Crippen molar-refractivity contribution in [2.75, 3.05) is 26.2 Å². The number of rotatable bonds is 1. The molecule has 7 heteroatoms. The zero-order valence-electron chi connectivity index (χ0n) is 11.9. The lowest BCUT2D eigenvalue weighted by atomic mass is 9.74. The molecule has 0 radical (unpaired) electrons. The molecule has 1 aromatic heterocycles. The highest BCUT2D eigenvalue weighted by Crippen LogP contribution is 2.36. The molecule has 3 N–H and O–H groups in total. The molecule has 7 nitrogen and oxygen atoms in total. The fourth-order valence-corrected chi connectivity index (χ4v) is 3.50. The van der Waals surface area contributed by atoms with Crippen molar-refractivity contribution in [3.63, 3.8) is 0 Å². The number of hydrogen-bond acceptors (Lipinski definition) is 4. The second-order valence-corrected chi connectivity index (χ2v) is 6.10. The molecular formula is C14H20N4O3. The van der Waals surface area contributed by atoms with Gasteiger partial charge in [-0.1, -0.05) is 0 Å². The first-order valence-corrected chi connectivity index (χ1v) is 7.42. The van der Waals surface area contributed by atoms with E-state index in [0.717, 1.165) is 38.8 Å². The molecule has 114 valence electrons. The highest BCUT2D eigenvalue weighted by Gasteiger charge is 2.38. The predicted octanol–water partition coefficient (Wildman–Crippen LogP) is -0.331. The fraction of sp³-hybridized carbons (Fsp3) is 0.643. The van der Waals surface area contributed by atoms with Crippen LogP contribution in [0, 0.1) is 5.41 Å². The predicted molar refractivity (Wildman–Crippen MR) is 77.4 cm³/mol. The molecule has 2 fully saturated rings. The maximum absolute atomic E-state index is 12.5. The summed E-state index contributed by atoms with van der Waals surface area (Å²) in [5.41, 5.74) is -1.06. The Morgan fingerprint density at radius 3 is 2.76 bits per heavy atom. The normalized spacial score (nSPS) is 26.0. The highest BCUT2D eigenvalue weighted by molar-refractivity contribution is 5.93. The molecule has 1 amide bonds. The van der Waals surface area contributed by atoms with Crippen LogP contribution in [0.3, 0.4) is 0 Å². The number of aromatic amines is 2. The first kappa shape index (κ1) is 14.1. The number of likely N-dealkylation sites (tertiary alicyclic amines) is 1. The molecule has 1 atom stereocenters. The summed E-state index contributed by atoms with van der Waals surface area (Å²) >= 11 is 0. The maximum atomic E-state index is 12.5. The molecule has 3 heterocycles. The van der Waals surface area contributed by atoms with Gasteiger partial charge < -0.3 is 15.2 Å². The van der Waals surface area contributed by atoms with E-state index in [4.69, 9.17) is 0 Å². The summed E-state index contributed by atoms with van der Waals surface area (Å²) in [6.07, 6.45) is 5.53. The standard InChI is InChI=1S/C14H20N4O3/c19-11-10(7-16-13(21)17-11)12(20)18-6-2-4-14(9-18)3-1-5-15-8-14/h7,15H,1-6,8-9H2,(H2,16,17,19,21). The maximum Gasteiger partial charge on any atom is 0.325 e. The van der Waals surface area contributed by atoms with Crippen molar-refractivity contribution < 1.29 is 4.79 Å². The van der Waals surface area contributed by atoms with E-state index in [9.17, 15) is 14.4 Å². The Balaban J connectivity index is 1.81. The summed E-state index contributed by atoms with van der Waals surface area (Å²) in [6, 6.07) is 0. The van der Waals surface area contributed by atoms with Gasteiger partial charge in [-0.3, -0.25) is 14.6 Å². The van der Waals surface area contributed by atoms with Gasteiger partial charge in [0.2, 0.25) is 0 Å². The van der Waals surface area contributed by atoms with Crippen molar-refractivity contribution in [3.8, 4) is 0 Å². The molecule has 2 aliphatic rings. The molecule has 1 spiro atoms. The van der Waals surface area contributed by atoms with Gasteiger partial charge >= 0.3 is 5.69 Å². The Morgan fingerprint density at radius 2 is 2.05 bits per heavy atom. The van der Waals surface area contributed by atoms with Gasteiger partial charge in [-0.05, 0) is 32.2 Å². The molecule has 21 heavy (non-hydrogen) atoms. The van der Waals surface area contributed by atoms with E-state index in [2.05, 4.69) is 15.3 Å². The van der Waals surface area contributed by atoms with Crippen LogP contribution in [0.2, 0.25) is 0 Å². The number of piperidine rings is 2. The number of carbonyl (C=O) groups excluding carboxylic acids is 1. The third-order valence-corrected chi connectivity index (χ3v) is 4.56. The quantitative estimate of drug-likeness (QED) is 0.660. The van der Waals surface area contributed by atoms with Gasteiger partial charge in [0.25, 0.3) is 11.5 Å². The fourth-order valence-electron chi connectivity index (χ4n) is 3.50. The third-order valence-electron chi connectivity index (χ3n) is 4.56. The molecule has 3 rings (SSSR count). The molecule has 2 saturated heterocycles. The molecule has 2 aliphatic heterocycles. The van der Waals surface area contributed by atoms with Crippen molar-refractivity contribution in [1.29, 1.82) is 0 Å². The summed E-state index contributed by atoms with van der Waals surface area (Å²) in [7, 11) is 0. The van der Waals surface area contributed by atoms with E-state index >= 15 is 0 Å². The minimum Gasteiger partial charge on any atom is -0.338 e. The van der Waals surface area contributed by atoms with Crippen molar-refractivity contribution in [1.82, 2.24) is 20.2 Å². The summed E-state index contributed by atoms with van der Waals surface area (Å²) in [6.45, 7) is 3.31. The Morgan fingerprint density at radius 1 is 1.24 bits per heavy atom. The zero-order valence-corrected chi connectivity index (χ0v) is 11.9. The Labute approximate surface area is 121 Å². The van der Waals surface area contributed by atoms with Crippen LogP contribution in [0.4, 0.5) is 0 Å². The van der Waals surface area contributed by atoms with Gasteiger partial charge in [0.05, 0.1) is 0 Å². The summed E-state index contributed by atoms with van der Waals surface area (Å²) in [4.78, 5) is 41.5. The SMILES string of the molecule is O=C(c1c[nH]c(=O)[nH]c1=O)N1CCCC2(CCCNC2)C1. The van der Waals surface area contributed by atoms with Crippen LogP contribution < -0.4 is 16.6 Å². The first-order valence-electron chi connectivity index (χ1n) is 7.42. The summed E-state index contributed by atoms with van der Waals surface area (Å²) in [5, 5.41) is 3.41. The Hall–Kier alpha value is -1.89. The molecule has 1 unspecified atom stereocenters. The molecule has 0 saturated carbocycles. The number of nitrogens with one attached hydrogen (secondary N) is 3. The van der Waals surface area contributed by atoms with Gasteiger partial charge in [-0.2, -0.15) is 0 Å². The molecule has 1 aromatic rings. The average molecular weight is 292 g/mol. The van der Waals surface area contributed by atoms with Gasteiger partial charge in [0, 0.05) is 31.2 Å². The van der Waals surface area contributed by atoms with Gasteiger partial charge in [0.1, 0.15) is 5.56 Å². The van der Waals surface area contributed by atoms with Crippen molar-refractivity contribution in [2.24, 2.45) is 5.41 Å². The van der Waals surface area contributed by atoms with Crippen LogP contribution in [-0.2, 0) is 0 Å². The number of aromatic nitrogens is 2. The lowest BCUT2D eigenvalue weighted by Crippen LogP contribution is -2.53. The lowest BCUT2D eigenvalue weighted by molar-refractivity contribution is 0.0432. The monoisotopic (exact) mass is 292 g/mol. The minimum absolute atomic E-state index is 0.00965. The van der Waals surface area contributed by atoms with Crippen LogP contribution >= 0.6 is 0 Å². The lowest BCUT2D eigenvalue weighted by Gasteiger charge is -2.45. The number of amides is 1. The second kappa shape index (κ2) is 5.48. The van der Waals surface area contributed by atoms with Crippen LogP contribution in [-0.4, -0.2) is 47.0 Å². The van der Waals surface area contributed by atoms with Gasteiger partial charge in [-0.15, -0.1) is 0 Å². The van der Waals surface area contributed by atoms with Crippen LogP contribution in [0.1, 0.15) is 36.0 Å². The van der Waals surface area contributed by atoms with Gasteiger partial charge in [-0.25, -0.2) is 4.79 Å². The second-order valence-electron chi connectivity index (χ2n) is 6.10. The number of carbonyl (C=O) groups is 1. The smallest absolute Gasteiger partial charge is 0.325 e. The van der Waals surface area contributed by atoms with E-state index in [1.165, 1.54) is 6.20 Å². The van der Waals surface area contributed by atoms with E-state index in [1.807, 2.05) is 0 Å². The zero-order chi connectivity index (χ0) is 14.9. The summed E-state index contributed by atoms with van der Waals surface area (Å²) in [5.74, 6) is -0.294. The molecule has 0 aliphatic carbocycles. The van der Waals surface area contributed by atoms with E-state index in [1.54, 1.807) is 4.90 Å². The molecule has 0 aromatic carbocycles. The van der Waals surface area contributed by atoms with Gasteiger partial charge in [0.15, 0.2) is 0 Å². The van der Waals surface area contributed by atoms with E-state index < -0.39 is 11.2 Å². The number of nitrogens with zero attached hydrogens (tertiary/aromatic N) is 1. The molecule has 0 bridgehead atoms. The van der Waals surface area contributed by atoms with Crippen LogP contribution in [0.5, 0.6) is 0 Å². The summed E-state index contributed by atoms with van der Waals surface area (Å²) < 4.78 is 0. The van der Waals surface area contributed by atoms with E-state index in [-0.39, 0.29) is 16.9 Å². The van der Waals surface area contributed by atoms with Crippen LogP contribution in [0.15, 0.2) is 15.8 Å². The minimum atomic E-state index is -0.620. The highest BCUT2D eigenvalue weighted by atomic mass is 16.2. The Kier molecular flexibility index (Phi) is 3.67. The van der Waals surface area contributed by atoms with Crippen molar-refractivity contribution in [3.05, 3.63) is 32.6 Å². The number of H-pyrrole nitrogens is 2. The van der Waals surface area contributed by atoms with Crippen molar-refractivity contribution >= 4 is 5.91 Å². The largest absolute Gasteiger partial charge is 0.338 e. The van der Waals surface area contributed by atoms with Crippen LogP contribution in [0.25, 0.3) is 0 Å². The molecular weight excluding hydrogens is 272 g/mol.